The summed E-state index contributed by atoms with van der Waals surface area (Å²) in [6.45, 7) is 0.372. The molecule has 2 rings (SSSR count). The van der Waals surface area contributed by atoms with Crippen LogP contribution in [-0.4, -0.2) is 16.0 Å². The summed E-state index contributed by atoms with van der Waals surface area (Å²) >= 11 is 3.40. The highest BCUT2D eigenvalue weighted by Gasteiger charge is 2.09. The van der Waals surface area contributed by atoms with Crippen molar-refractivity contribution in [1.29, 1.82) is 0 Å². The fourth-order valence-electron chi connectivity index (χ4n) is 1.53. The smallest absolute Gasteiger partial charge is 0.192 e. The fourth-order valence-corrected chi connectivity index (χ4v) is 1.98. The molecule has 0 aliphatic rings. The molecule has 0 aliphatic carbocycles. The number of benzene rings is 1. The molecule has 1 aromatic carbocycles. The molecule has 3 N–H and O–H groups in total. The molecule has 2 aromatic rings. The topological polar surface area (TPSA) is 80.7 Å². The van der Waals surface area contributed by atoms with Gasteiger partial charge in [-0.05, 0) is 29.8 Å². The summed E-state index contributed by atoms with van der Waals surface area (Å²) in [6, 6.07) is 11.2. The van der Waals surface area contributed by atoms with Crippen LogP contribution in [0.2, 0.25) is 0 Å². The lowest BCUT2D eigenvalue weighted by atomic mass is 10.2. The van der Waals surface area contributed by atoms with Gasteiger partial charge in [0, 0.05) is 10.7 Å². The molecule has 0 bridgehead atoms. The van der Waals surface area contributed by atoms with Crippen LogP contribution in [-0.2, 0) is 6.61 Å². The number of nitrogens with two attached hydrogens (primary N) is 1. The maximum absolute atomic E-state index is 8.70. The van der Waals surface area contributed by atoms with Gasteiger partial charge in [0.15, 0.2) is 11.5 Å². The summed E-state index contributed by atoms with van der Waals surface area (Å²) < 4.78 is 6.63. The van der Waals surface area contributed by atoms with Gasteiger partial charge in [0.2, 0.25) is 0 Å². The third-order valence-electron chi connectivity index (χ3n) is 2.40. The zero-order valence-electron chi connectivity index (χ0n) is 9.95. The Morgan fingerprint density at radius 3 is 2.95 bits per heavy atom. The molecular weight excluding hydrogens is 310 g/mol. The second-order valence-electron chi connectivity index (χ2n) is 3.75. The summed E-state index contributed by atoms with van der Waals surface area (Å²) in [5.74, 6) is 0.391. The van der Waals surface area contributed by atoms with Gasteiger partial charge in [-0.15, -0.1) is 0 Å². The van der Waals surface area contributed by atoms with Crippen molar-refractivity contribution >= 4 is 21.8 Å². The highest BCUT2D eigenvalue weighted by molar-refractivity contribution is 9.10. The molecule has 0 radical (unpaired) electrons. The van der Waals surface area contributed by atoms with Crippen molar-refractivity contribution in [3.05, 3.63) is 58.3 Å². The minimum atomic E-state index is -0.0788. The molecule has 0 aliphatic heterocycles. The van der Waals surface area contributed by atoms with Gasteiger partial charge in [-0.25, -0.2) is 4.98 Å². The highest BCUT2D eigenvalue weighted by atomic mass is 79.9. The van der Waals surface area contributed by atoms with Crippen LogP contribution < -0.4 is 10.5 Å². The first-order valence-corrected chi connectivity index (χ1v) is 6.30. The Balaban J connectivity index is 2.16. The molecule has 0 spiro atoms. The number of amidine groups is 1. The molecule has 0 saturated carbocycles. The number of rotatable bonds is 4. The molecule has 0 amide bonds. The summed E-state index contributed by atoms with van der Waals surface area (Å²) in [5.41, 5.74) is 6.86. The highest BCUT2D eigenvalue weighted by Crippen LogP contribution is 2.18. The Bertz CT molecular complexity index is 602. The van der Waals surface area contributed by atoms with Crippen LogP contribution in [0.25, 0.3) is 0 Å². The van der Waals surface area contributed by atoms with E-state index in [0.29, 0.717) is 18.1 Å². The molecule has 6 heteroatoms. The number of ether oxygens (including phenoxy) is 1. The standard InChI is InChI=1S/C13H12BrN3O2/c14-10-4-1-3-9(7-10)8-19-11-5-2-6-16-12(11)13(15)17-18/h1-7,18H,8H2,(H2,15,17). The van der Waals surface area contributed by atoms with Crippen LogP contribution in [0.5, 0.6) is 5.75 Å². The van der Waals surface area contributed by atoms with E-state index in [1.165, 1.54) is 0 Å². The van der Waals surface area contributed by atoms with Crippen molar-refractivity contribution in [2.75, 3.05) is 0 Å². The molecule has 1 heterocycles. The third-order valence-corrected chi connectivity index (χ3v) is 2.90. The van der Waals surface area contributed by atoms with Crippen molar-refractivity contribution in [3.63, 3.8) is 0 Å². The number of aromatic nitrogens is 1. The second-order valence-corrected chi connectivity index (χ2v) is 4.67. The monoisotopic (exact) mass is 321 g/mol. The summed E-state index contributed by atoms with van der Waals surface area (Å²) in [6.07, 6.45) is 1.55. The molecular formula is C13H12BrN3O2. The van der Waals surface area contributed by atoms with E-state index in [-0.39, 0.29) is 5.84 Å². The van der Waals surface area contributed by atoms with Crippen molar-refractivity contribution in [3.8, 4) is 5.75 Å². The third kappa shape index (κ3) is 3.45. The van der Waals surface area contributed by atoms with Crippen LogP contribution in [0.4, 0.5) is 0 Å². The van der Waals surface area contributed by atoms with E-state index in [1.54, 1.807) is 18.3 Å². The average molecular weight is 322 g/mol. The number of nitrogens with zero attached hydrogens (tertiary/aromatic N) is 2. The second kappa shape index (κ2) is 6.19. The minimum Gasteiger partial charge on any atom is -0.486 e. The van der Waals surface area contributed by atoms with E-state index >= 15 is 0 Å². The molecule has 1 aromatic heterocycles. The summed E-state index contributed by atoms with van der Waals surface area (Å²) in [5, 5.41) is 11.6. The van der Waals surface area contributed by atoms with Gasteiger partial charge < -0.3 is 15.7 Å². The molecule has 98 valence electrons. The van der Waals surface area contributed by atoms with E-state index in [4.69, 9.17) is 15.7 Å². The average Bonchev–Trinajstić information content (AvgIpc) is 2.45. The maximum Gasteiger partial charge on any atom is 0.192 e. The van der Waals surface area contributed by atoms with Crippen LogP contribution in [0.15, 0.2) is 52.2 Å². The fraction of sp³-hybridized carbons (Fsp3) is 0.0769. The van der Waals surface area contributed by atoms with E-state index in [9.17, 15) is 0 Å². The quantitative estimate of drug-likeness (QED) is 0.392. The molecule has 0 atom stereocenters. The van der Waals surface area contributed by atoms with Crippen molar-refractivity contribution in [2.24, 2.45) is 10.9 Å². The van der Waals surface area contributed by atoms with Gasteiger partial charge in [-0.2, -0.15) is 0 Å². The van der Waals surface area contributed by atoms with Gasteiger partial charge in [-0.1, -0.05) is 33.2 Å². The van der Waals surface area contributed by atoms with Gasteiger partial charge in [-0.3, -0.25) is 0 Å². The van der Waals surface area contributed by atoms with Crippen molar-refractivity contribution < 1.29 is 9.94 Å². The van der Waals surface area contributed by atoms with Gasteiger partial charge in [0.05, 0.1) is 0 Å². The maximum atomic E-state index is 8.70. The lowest BCUT2D eigenvalue weighted by Crippen LogP contribution is -2.16. The molecule has 0 fully saturated rings. The van der Waals surface area contributed by atoms with Crippen LogP contribution in [0.3, 0.4) is 0 Å². The first-order valence-electron chi connectivity index (χ1n) is 5.51. The van der Waals surface area contributed by atoms with Gasteiger partial charge >= 0.3 is 0 Å². The number of hydrogen-bond donors (Lipinski definition) is 2. The summed E-state index contributed by atoms with van der Waals surface area (Å²) in [4.78, 5) is 4.03. The Morgan fingerprint density at radius 2 is 2.21 bits per heavy atom. The van der Waals surface area contributed by atoms with Gasteiger partial charge in [0.25, 0.3) is 0 Å². The normalized spacial score (nSPS) is 11.3. The first-order chi connectivity index (χ1) is 9.20. The Kier molecular flexibility index (Phi) is 4.35. The van der Waals surface area contributed by atoms with Gasteiger partial charge in [0.1, 0.15) is 12.4 Å². The first kappa shape index (κ1) is 13.4. The summed E-state index contributed by atoms with van der Waals surface area (Å²) in [7, 11) is 0. The molecule has 19 heavy (non-hydrogen) atoms. The van der Waals surface area contributed by atoms with E-state index in [1.807, 2.05) is 24.3 Å². The molecule has 0 saturated heterocycles. The van der Waals surface area contributed by atoms with E-state index in [2.05, 4.69) is 26.1 Å². The number of pyridine rings is 1. The number of hydrogen-bond acceptors (Lipinski definition) is 4. The minimum absolute atomic E-state index is 0.0788. The van der Waals surface area contributed by atoms with Crippen molar-refractivity contribution in [2.45, 2.75) is 6.61 Å². The lowest BCUT2D eigenvalue weighted by Gasteiger charge is -2.09. The molecule has 0 unspecified atom stereocenters. The Labute approximate surface area is 118 Å². The predicted molar refractivity (Wildman–Crippen MR) is 75.2 cm³/mol. The predicted octanol–water partition coefficient (Wildman–Crippen LogP) is 2.52. The van der Waals surface area contributed by atoms with E-state index < -0.39 is 0 Å². The SMILES string of the molecule is N/C(=N/O)c1ncccc1OCc1cccc(Br)c1. The lowest BCUT2D eigenvalue weighted by molar-refractivity contribution is 0.301. The van der Waals surface area contributed by atoms with Crippen molar-refractivity contribution in [1.82, 2.24) is 4.98 Å². The molecule has 5 nitrogen and oxygen atoms in total. The number of oxime groups is 1. The van der Waals surface area contributed by atoms with Crippen LogP contribution in [0, 0.1) is 0 Å². The Hall–Kier alpha value is -2.08. The largest absolute Gasteiger partial charge is 0.486 e. The van der Waals surface area contributed by atoms with Crippen LogP contribution in [0.1, 0.15) is 11.3 Å². The van der Waals surface area contributed by atoms with Crippen LogP contribution >= 0.6 is 15.9 Å². The zero-order chi connectivity index (χ0) is 13.7. The zero-order valence-corrected chi connectivity index (χ0v) is 11.5. The Morgan fingerprint density at radius 1 is 1.37 bits per heavy atom. The van der Waals surface area contributed by atoms with E-state index in [0.717, 1.165) is 10.0 Å². The number of halogens is 1.